The number of nitrogens with zero attached hydrogens (tertiary/aromatic N) is 1. The summed E-state index contributed by atoms with van der Waals surface area (Å²) in [6.45, 7) is 0. The number of imidazole rings is 1. The van der Waals surface area contributed by atoms with Crippen LogP contribution in [0, 0.1) is 0 Å². The summed E-state index contributed by atoms with van der Waals surface area (Å²) in [6, 6.07) is 9.12. The average Bonchev–Trinajstić information content (AvgIpc) is 2.79. The summed E-state index contributed by atoms with van der Waals surface area (Å²) in [5.74, 6) is -0.868. The third kappa shape index (κ3) is 2.43. The molecule has 0 aliphatic carbocycles. The molecule has 2 aromatic rings. The van der Waals surface area contributed by atoms with E-state index in [2.05, 4.69) is 9.97 Å². The van der Waals surface area contributed by atoms with E-state index in [0.29, 0.717) is 5.16 Å². The van der Waals surface area contributed by atoms with Crippen molar-refractivity contribution in [2.75, 3.05) is 0 Å². The van der Waals surface area contributed by atoms with Gasteiger partial charge < -0.3 is 10.1 Å². The van der Waals surface area contributed by atoms with Crippen LogP contribution in [0.15, 0.2) is 47.9 Å². The molecule has 2 rings (SSSR count). The Kier molecular flexibility index (Phi) is 3.26. The Hall–Kier alpha value is -1.75. The molecular weight excluding hydrogens is 224 g/mol. The summed E-state index contributed by atoms with van der Waals surface area (Å²) in [5, 5.41) is 9.14. The standard InChI is InChI=1S/C11H10N2O2S/c14-10(15)9(8-4-2-1-3-5-8)16-11-12-6-7-13-11/h1-7,9H,(H,12,13)(H,14,15). The Morgan fingerprint density at radius 1 is 1.38 bits per heavy atom. The van der Waals surface area contributed by atoms with Gasteiger partial charge in [-0.15, -0.1) is 0 Å². The molecule has 0 radical (unpaired) electrons. The van der Waals surface area contributed by atoms with Gasteiger partial charge in [-0.05, 0) is 5.56 Å². The van der Waals surface area contributed by atoms with Crippen molar-refractivity contribution in [2.45, 2.75) is 10.4 Å². The lowest BCUT2D eigenvalue weighted by Gasteiger charge is -2.10. The first kappa shape index (κ1) is 10.8. The van der Waals surface area contributed by atoms with Gasteiger partial charge in [0.1, 0.15) is 5.25 Å². The van der Waals surface area contributed by atoms with Crippen LogP contribution in [-0.2, 0) is 4.79 Å². The van der Waals surface area contributed by atoms with Gasteiger partial charge in [0.05, 0.1) is 0 Å². The van der Waals surface area contributed by atoms with E-state index in [1.165, 1.54) is 11.8 Å². The molecule has 2 N–H and O–H groups in total. The van der Waals surface area contributed by atoms with Gasteiger partial charge in [0.25, 0.3) is 0 Å². The molecular formula is C11H10N2O2S. The number of carboxylic acids is 1. The van der Waals surface area contributed by atoms with Crippen molar-refractivity contribution >= 4 is 17.7 Å². The molecule has 82 valence electrons. The monoisotopic (exact) mass is 234 g/mol. The van der Waals surface area contributed by atoms with E-state index in [-0.39, 0.29) is 0 Å². The van der Waals surface area contributed by atoms with Crippen LogP contribution < -0.4 is 0 Å². The zero-order valence-corrected chi connectivity index (χ0v) is 9.15. The molecule has 4 nitrogen and oxygen atoms in total. The lowest BCUT2D eigenvalue weighted by atomic mass is 10.1. The molecule has 1 heterocycles. The summed E-state index contributed by atoms with van der Waals surface area (Å²) in [7, 11) is 0. The van der Waals surface area contributed by atoms with Crippen molar-refractivity contribution in [3.63, 3.8) is 0 Å². The smallest absolute Gasteiger partial charge is 0.321 e. The van der Waals surface area contributed by atoms with E-state index in [4.69, 9.17) is 5.11 Å². The summed E-state index contributed by atoms with van der Waals surface area (Å²) >= 11 is 1.19. The number of H-pyrrole nitrogens is 1. The molecule has 0 bridgehead atoms. The number of rotatable bonds is 4. The SMILES string of the molecule is O=C(O)C(Sc1ncc[nH]1)c1ccccc1. The number of thioether (sulfide) groups is 1. The van der Waals surface area contributed by atoms with Crippen molar-refractivity contribution in [3.05, 3.63) is 48.3 Å². The molecule has 1 aromatic heterocycles. The number of benzene rings is 1. The molecule has 0 spiro atoms. The predicted molar refractivity (Wildman–Crippen MR) is 61.3 cm³/mol. The van der Waals surface area contributed by atoms with E-state index in [1.807, 2.05) is 18.2 Å². The Balaban J connectivity index is 2.22. The number of hydrogen-bond donors (Lipinski definition) is 2. The maximum Gasteiger partial charge on any atom is 0.321 e. The number of hydrogen-bond acceptors (Lipinski definition) is 3. The second kappa shape index (κ2) is 4.85. The third-order valence-electron chi connectivity index (χ3n) is 2.03. The Morgan fingerprint density at radius 3 is 2.69 bits per heavy atom. The van der Waals surface area contributed by atoms with Crippen LogP contribution in [-0.4, -0.2) is 21.0 Å². The number of nitrogens with one attached hydrogen (secondary N) is 1. The quantitative estimate of drug-likeness (QED) is 0.797. The second-order valence-electron chi connectivity index (χ2n) is 3.14. The fourth-order valence-corrected chi connectivity index (χ4v) is 2.19. The molecule has 1 atom stereocenters. The maximum atomic E-state index is 11.2. The molecule has 0 fully saturated rings. The number of carbonyl (C=O) groups is 1. The van der Waals surface area contributed by atoms with E-state index in [9.17, 15) is 4.79 Å². The Labute approximate surface area is 96.7 Å². The number of aliphatic carboxylic acids is 1. The minimum atomic E-state index is -0.868. The van der Waals surface area contributed by atoms with Gasteiger partial charge in [-0.25, -0.2) is 4.98 Å². The molecule has 0 saturated heterocycles. The highest BCUT2D eigenvalue weighted by molar-refractivity contribution is 8.00. The van der Waals surface area contributed by atoms with Crippen LogP contribution in [0.5, 0.6) is 0 Å². The first-order valence-corrected chi connectivity index (χ1v) is 5.59. The van der Waals surface area contributed by atoms with Gasteiger partial charge in [-0.3, -0.25) is 4.79 Å². The van der Waals surface area contributed by atoms with Crippen LogP contribution in [0.3, 0.4) is 0 Å². The predicted octanol–water partition coefficient (Wildman–Crippen LogP) is 2.33. The van der Waals surface area contributed by atoms with Gasteiger partial charge >= 0.3 is 5.97 Å². The molecule has 0 amide bonds. The Morgan fingerprint density at radius 2 is 2.12 bits per heavy atom. The van der Waals surface area contributed by atoms with Crippen molar-refractivity contribution in [1.29, 1.82) is 0 Å². The summed E-state index contributed by atoms with van der Waals surface area (Å²) in [4.78, 5) is 18.1. The van der Waals surface area contributed by atoms with Gasteiger partial charge in [0.2, 0.25) is 0 Å². The third-order valence-corrected chi connectivity index (χ3v) is 3.19. The summed E-state index contributed by atoms with van der Waals surface area (Å²) < 4.78 is 0. The maximum absolute atomic E-state index is 11.2. The molecule has 0 saturated carbocycles. The van der Waals surface area contributed by atoms with E-state index in [0.717, 1.165) is 5.56 Å². The highest BCUT2D eigenvalue weighted by Gasteiger charge is 2.21. The first-order valence-electron chi connectivity index (χ1n) is 4.71. The van der Waals surface area contributed by atoms with Crippen LogP contribution in [0.4, 0.5) is 0 Å². The minimum absolute atomic E-state index is 0.608. The molecule has 1 unspecified atom stereocenters. The number of aromatic amines is 1. The van der Waals surface area contributed by atoms with Crippen molar-refractivity contribution in [2.24, 2.45) is 0 Å². The topological polar surface area (TPSA) is 66.0 Å². The van der Waals surface area contributed by atoms with Gasteiger partial charge in [-0.2, -0.15) is 0 Å². The van der Waals surface area contributed by atoms with Crippen LogP contribution in [0.2, 0.25) is 0 Å². The van der Waals surface area contributed by atoms with E-state index >= 15 is 0 Å². The average molecular weight is 234 g/mol. The molecule has 16 heavy (non-hydrogen) atoms. The first-order chi connectivity index (χ1) is 7.77. The molecule has 1 aromatic carbocycles. The van der Waals surface area contributed by atoms with Gasteiger partial charge in [-0.1, -0.05) is 42.1 Å². The second-order valence-corrected chi connectivity index (χ2v) is 4.23. The van der Waals surface area contributed by atoms with Crippen molar-refractivity contribution in [1.82, 2.24) is 9.97 Å². The summed E-state index contributed by atoms with van der Waals surface area (Å²) in [6.07, 6.45) is 3.28. The van der Waals surface area contributed by atoms with E-state index in [1.54, 1.807) is 24.5 Å². The largest absolute Gasteiger partial charge is 0.480 e. The lowest BCUT2D eigenvalue weighted by molar-refractivity contribution is -0.136. The number of carboxylic acid groups (broad SMARTS) is 1. The fraction of sp³-hybridized carbons (Fsp3) is 0.0909. The van der Waals surface area contributed by atoms with Gasteiger partial charge in [0, 0.05) is 12.4 Å². The highest BCUT2D eigenvalue weighted by Crippen LogP contribution is 2.33. The van der Waals surface area contributed by atoms with Crippen molar-refractivity contribution in [3.8, 4) is 0 Å². The van der Waals surface area contributed by atoms with Crippen LogP contribution >= 0.6 is 11.8 Å². The highest BCUT2D eigenvalue weighted by atomic mass is 32.2. The summed E-state index contributed by atoms with van der Waals surface area (Å²) in [5.41, 5.74) is 0.761. The van der Waals surface area contributed by atoms with Crippen LogP contribution in [0.25, 0.3) is 0 Å². The zero-order chi connectivity index (χ0) is 11.4. The lowest BCUT2D eigenvalue weighted by Crippen LogP contribution is -2.07. The fourth-order valence-electron chi connectivity index (χ4n) is 1.32. The minimum Gasteiger partial charge on any atom is -0.480 e. The molecule has 0 aliphatic rings. The van der Waals surface area contributed by atoms with Crippen LogP contribution in [0.1, 0.15) is 10.8 Å². The molecule has 5 heteroatoms. The van der Waals surface area contributed by atoms with Gasteiger partial charge in [0.15, 0.2) is 5.16 Å². The molecule has 0 aliphatic heterocycles. The Bertz CT molecular complexity index is 456. The zero-order valence-electron chi connectivity index (χ0n) is 8.33. The number of aromatic nitrogens is 2. The van der Waals surface area contributed by atoms with Crippen molar-refractivity contribution < 1.29 is 9.90 Å². The van der Waals surface area contributed by atoms with E-state index < -0.39 is 11.2 Å². The normalized spacial score (nSPS) is 12.2.